The normalized spacial score (nSPS) is 10.4. The number of carbonyl (C=O) groups excluding carboxylic acids is 2. The Morgan fingerprint density at radius 3 is 2.79 bits per heavy atom. The molecule has 0 radical (unpaired) electrons. The van der Waals surface area contributed by atoms with E-state index in [0.29, 0.717) is 21.5 Å². The molecule has 0 aliphatic rings. The molecule has 0 aromatic carbocycles. The quantitative estimate of drug-likeness (QED) is 0.733. The van der Waals surface area contributed by atoms with Crippen LogP contribution in [-0.2, 0) is 11.2 Å². The predicted molar refractivity (Wildman–Crippen MR) is 95.7 cm³/mol. The number of aryl methyl sites for hydroxylation is 1. The van der Waals surface area contributed by atoms with E-state index in [1.807, 2.05) is 30.5 Å². The first-order chi connectivity index (χ1) is 11.6. The third-order valence-corrected chi connectivity index (χ3v) is 4.80. The molecular formula is C16H14N4O2S2. The minimum Gasteiger partial charge on any atom is -0.310 e. The maximum atomic E-state index is 12.1. The number of nitrogens with zero attached hydrogens (tertiary/aromatic N) is 2. The molecule has 8 heteroatoms. The molecule has 24 heavy (non-hydrogen) atoms. The smallest absolute Gasteiger partial charge is 0.267 e. The van der Waals surface area contributed by atoms with Crippen LogP contribution in [0.3, 0.4) is 0 Å². The molecule has 2 amide bonds. The molecule has 3 aromatic heterocycles. The number of hydrogen-bond acceptors (Lipinski definition) is 6. The molecule has 0 aliphatic heterocycles. The summed E-state index contributed by atoms with van der Waals surface area (Å²) in [6, 6.07) is 7.26. The zero-order valence-electron chi connectivity index (χ0n) is 12.8. The second kappa shape index (κ2) is 7.33. The van der Waals surface area contributed by atoms with E-state index in [1.165, 1.54) is 22.7 Å². The number of anilines is 2. The van der Waals surface area contributed by atoms with E-state index < -0.39 is 0 Å². The molecule has 0 spiro atoms. The highest BCUT2D eigenvalue weighted by Crippen LogP contribution is 2.19. The standard InChI is InChI=1S/C16H14N4O2S2/c1-10-4-2-6-17-14(10)19-13(21)8-11-9-24-16(18-11)20-15(22)12-5-3-7-23-12/h2-7,9H,8H2,1H3,(H,17,19,21)(H,18,20,22). The van der Waals surface area contributed by atoms with Crippen LogP contribution in [0, 0.1) is 6.92 Å². The monoisotopic (exact) mass is 358 g/mol. The SMILES string of the molecule is Cc1cccnc1NC(=O)Cc1csc(NC(=O)c2cccs2)n1. The van der Waals surface area contributed by atoms with Crippen molar-refractivity contribution in [3.63, 3.8) is 0 Å². The molecule has 122 valence electrons. The minimum atomic E-state index is -0.196. The minimum absolute atomic E-state index is 0.126. The van der Waals surface area contributed by atoms with Crippen molar-refractivity contribution < 1.29 is 9.59 Å². The molecule has 0 saturated carbocycles. The summed E-state index contributed by atoms with van der Waals surface area (Å²) in [5, 5.41) is 9.57. The van der Waals surface area contributed by atoms with Crippen molar-refractivity contribution in [3.05, 3.63) is 57.4 Å². The first-order valence-corrected chi connectivity index (χ1v) is 8.88. The fourth-order valence-corrected chi connectivity index (χ4v) is 3.29. The third-order valence-electron chi connectivity index (χ3n) is 3.13. The van der Waals surface area contributed by atoms with E-state index in [1.54, 1.807) is 17.6 Å². The highest BCUT2D eigenvalue weighted by Gasteiger charge is 2.12. The third kappa shape index (κ3) is 4.03. The van der Waals surface area contributed by atoms with Crippen LogP contribution in [0.15, 0.2) is 41.2 Å². The Labute approximate surface area is 146 Å². The van der Waals surface area contributed by atoms with E-state index >= 15 is 0 Å². The second-order valence-corrected chi connectivity index (χ2v) is 6.78. The van der Waals surface area contributed by atoms with Gasteiger partial charge in [-0.2, -0.15) is 0 Å². The fraction of sp³-hybridized carbons (Fsp3) is 0.125. The Kier molecular flexibility index (Phi) is 4.97. The summed E-state index contributed by atoms with van der Waals surface area (Å²) in [5.74, 6) is 0.154. The van der Waals surface area contributed by atoms with Gasteiger partial charge in [0.2, 0.25) is 5.91 Å². The lowest BCUT2D eigenvalue weighted by Crippen LogP contribution is -2.16. The van der Waals surface area contributed by atoms with Crippen LogP contribution >= 0.6 is 22.7 Å². The van der Waals surface area contributed by atoms with E-state index in [9.17, 15) is 9.59 Å². The summed E-state index contributed by atoms with van der Waals surface area (Å²) in [6.45, 7) is 1.88. The fourth-order valence-electron chi connectivity index (χ4n) is 1.97. The molecule has 3 rings (SSSR count). The summed E-state index contributed by atoms with van der Waals surface area (Å²) >= 11 is 2.66. The van der Waals surface area contributed by atoms with Crippen molar-refractivity contribution in [3.8, 4) is 0 Å². The largest absolute Gasteiger partial charge is 0.310 e. The maximum absolute atomic E-state index is 12.1. The van der Waals surface area contributed by atoms with Crippen LogP contribution in [-0.4, -0.2) is 21.8 Å². The number of rotatable bonds is 5. The number of thiophene rings is 1. The molecule has 0 fully saturated rings. The average Bonchev–Trinajstić information content (AvgIpc) is 3.21. The highest BCUT2D eigenvalue weighted by atomic mass is 32.1. The number of hydrogen-bond donors (Lipinski definition) is 2. The Morgan fingerprint density at radius 1 is 1.17 bits per heavy atom. The summed E-state index contributed by atoms with van der Waals surface area (Å²) in [7, 11) is 0. The number of aromatic nitrogens is 2. The van der Waals surface area contributed by atoms with Crippen LogP contribution in [0.2, 0.25) is 0 Å². The first kappa shape index (κ1) is 16.3. The van der Waals surface area contributed by atoms with Gasteiger partial charge in [0.1, 0.15) is 5.82 Å². The van der Waals surface area contributed by atoms with Crippen molar-refractivity contribution in [1.82, 2.24) is 9.97 Å². The number of nitrogens with one attached hydrogen (secondary N) is 2. The summed E-state index contributed by atoms with van der Waals surface area (Å²) < 4.78 is 0. The zero-order chi connectivity index (χ0) is 16.9. The molecule has 0 saturated heterocycles. The van der Waals surface area contributed by atoms with Gasteiger partial charge in [-0.15, -0.1) is 22.7 Å². The Bertz CT molecular complexity index is 859. The molecule has 0 bridgehead atoms. The van der Waals surface area contributed by atoms with Gasteiger partial charge >= 0.3 is 0 Å². The molecule has 0 aliphatic carbocycles. The molecule has 3 aromatic rings. The van der Waals surface area contributed by atoms with Crippen molar-refractivity contribution in [2.45, 2.75) is 13.3 Å². The Balaban J connectivity index is 1.58. The van der Waals surface area contributed by atoms with Gasteiger partial charge in [-0.25, -0.2) is 9.97 Å². The van der Waals surface area contributed by atoms with Gasteiger partial charge in [0, 0.05) is 11.6 Å². The molecule has 3 heterocycles. The lowest BCUT2D eigenvalue weighted by atomic mass is 10.2. The number of pyridine rings is 1. The first-order valence-electron chi connectivity index (χ1n) is 7.12. The van der Waals surface area contributed by atoms with Gasteiger partial charge in [-0.1, -0.05) is 12.1 Å². The van der Waals surface area contributed by atoms with Crippen LogP contribution in [0.4, 0.5) is 10.9 Å². The van der Waals surface area contributed by atoms with Crippen molar-refractivity contribution in [2.24, 2.45) is 0 Å². The molecular weight excluding hydrogens is 344 g/mol. The topological polar surface area (TPSA) is 84.0 Å². The van der Waals surface area contributed by atoms with Gasteiger partial charge in [0.15, 0.2) is 5.13 Å². The lowest BCUT2D eigenvalue weighted by Gasteiger charge is -2.05. The van der Waals surface area contributed by atoms with E-state index in [4.69, 9.17) is 0 Å². The number of carbonyl (C=O) groups is 2. The van der Waals surface area contributed by atoms with Gasteiger partial charge in [0.05, 0.1) is 17.0 Å². The highest BCUT2D eigenvalue weighted by molar-refractivity contribution is 7.14. The van der Waals surface area contributed by atoms with Crippen LogP contribution in [0.1, 0.15) is 20.9 Å². The Hall–Kier alpha value is -2.58. The van der Waals surface area contributed by atoms with Crippen molar-refractivity contribution in [1.29, 1.82) is 0 Å². The maximum Gasteiger partial charge on any atom is 0.267 e. The van der Waals surface area contributed by atoms with Crippen LogP contribution < -0.4 is 10.6 Å². The van der Waals surface area contributed by atoms with Crippen molar-refractivity contribution in [2.75, 3.05) is 10.6 Å². The summed E-state index contributed by atoms with van der Waals surface area (Å²) in [4.78, 5) is 33.1. The van der Waals surface area contributed by atoms with Gasteiger partial charge in [-0.05, 0) is 30.0 Å². The van der Waals surface area contributed by atoms with Gasteiger partial charge in [-0.3, -0.25) is 14.9 Å². The van der Waals surface area contributed by atoms with E-state index in [0.717, 1.165) is 5.56 Å². The summed E-state index contributed by atoms with van der Waals surface area (Å²) in [5.41, 5.74) is 1.50. The zero-order valence-corrected chi connectivity index (χ0v) is 14.4. The number of amides is 2. The van der Waals surface area contributed by atoms with E-state index in [2.05, 4.69) is 20.6 Å². The van der Waals surface area contributed by atoms with Crippen molar-refractivity contribution >= 4 is 45.4 Å². The van der Waals surface area contributed by atoms with Gasteiger partial charge < -0.3 is 5.32 Å². The lowest BCUT2D eigenvalue weighted by molar-refractivity contribution is -0.115. The second-order valence-electron chi connectivity index (χ2n) is 4.97. The average molecular weight is 358 g/mol. The van der Waals surface area contributed by atoms with Gasteiger partial charge in [0.25, 0.3) is 5.91 Å². The molecule has 0 unspecified atom stereocenters. The molecule has 2 N–H and O–H groups in total. The predicted octanol–water partition coefficient (Wildman–Crippen LogP) is 3.34. The molecule has 0 atom stereocenters. The van der Waals surface area contributed by atoms with Crippen LogP contribution in [0.25, 0.3) is 0 Å². The van der Waals surface area contributed by atoms with E-state index in [-0.39, 0.29) is 18.2 Å². The summed E-state index contributed by atoms with van der Waals surface area (Å²) in [6.07, 6.45) is 1.76. The van der Waals surface area contributed by atoms with Crippen LogP contribution in [0.5, 0.6) is 0 Å². The number of thiazole rings is 1. The Morgan fingerprint density at radius 2 is 2.04 bits per heavy atom. The molecule has 6 nitrogen and oxygen atoms in total.